The third kappa shape index (κ3) is 4.77. The molecule has 6 heteroatoms. The molecular formula is C15H26N2O2S2. The SMILES string of the molecule is CCCNCc1cc(S(=O)(=O)N2CCCCCCC2)cs1. The Bertz CT molecular complexity index is 518. The standard InChI is InChI=1S/C15H26N2O2S2/c1-2-8-16-12-14-11-15(13-20-14)21(18,19)17-9-6-4-3-5-7-10-17/h11,13,16H,2-10,12H2,1H3. The fraction of sp³-hybridized carbons (Fsp3) is 0.733. The van der Waals surface area contributed by atoms with Crippen molar-refractivity contribution in [2.45, 2.75) is 56.9 Å². The largest absolute Gasteiger partial charge is 0.312 e. The summed E-state index contributed by atoms with van der Waals surface area (Å²) < 4.78 is 27.1. The van der Waals surface area contributed by atoms with E-state index in [1.54, 1.807) is 9.69 Å². The van der Waals surface area contributed by atoms with Crippen molar-refractivity contribution in [3.05, 3.63) is 16.3 Å². The molecule has 0 saturated carbocycles. The maximum absolute atomic E-state index is 12.7. The van der Waals surface area contributed by atoms with Crippen LogP contribution in [0.25, 0.3) is 0 Å². The van der Waals surface area contributed by atoms with Gasteiger partial charge in [-0.25, -0.2) is 8.42 Å². The van der Waals surface area contributed by atoms with Crippen LogP contribution in [-0.2, 0) is 16.6 Å². The summed E-state index contributed by atoms with van der Waals surface area (Å²) in [6.07, 6.45) is 6.57. The first kappa shape index (κ1) is 16.9. The van der Waals surface area contributed by atoms with E-state index in [4.69, 9.17) is 0 Å². The lowest BCUT2D eigenvalue weighted by molar-refractivity contribution is 0.364. The first-order valence-electron chi connectivity index (χ1n) is 7.93. The second kappa shape index (κ2) is 8.27. The summed E-state index contributed by atoms with van der Waals surface area (Å²) in [5.74, 6) is 0. The van der Waals surface area contributed by atoms with Crippen molar-refractivity contribution in [3.63, 3.8) is 0 Å². The molecule has 2 heterocycles. The Balaban J connectivity index is 2.03. The molecule has 0 aliphatic carbocycles. The molecule has 0 radical (unpaired) electrons. The lowest BCUT2D eigenvalue weighted by atomic mass is 10.1. The van der Waals surface area contributed by atoms with Gasteiger partial charge in [0.05, 0.1) is 4.90 Å². The number of nitrogens with zero attached hydrogens (tertiary/aromatic N) is 1. The van der Waals surface area contributed by atoms with Crippen LogP contribution >= 0.6 is 11.3 Å². The van der Waals surface area contributed by atoms with Crippen molar-refractivity contribution in [2.75, 3.05) is 19.6 Å². The molecule has 1 aromatic rings. The quantitative estimate of drug-likeness (QED) is 0.815. The van der Waals surface area contributed by atoms with Crippen LogP contribution in [0.15, 0.2) is 16.3 Å². The Morgan fingerprint density at radius 3 is 2.52 bits per heavy atom. The van der Waals surface area contributed by atoms with Gasteiger partial charge in [-0.2, -0.15) is 4.31 Å². The molecule has 120 valence electrons. The average molecular weight is 331 g/mol. The Morgan fingerprint density at radius 2 is 1.86 bits per heavy atom. The van der Waals surface area contributed by atoms with Crippen molar-refractivity contribution in [2.24, 2.45) is 0 Å². The van der Waals surface area contributed by atoms with E-state index in [-0.39, 0.29) is 0 Å². The molecule has 0 amide bonds. The smallest absolute Gasteiger partial charge is 0.243 e. The number of sulfonamides is 1. The van der Waals surface area contributed by atoms with E-state index in [9.17, 15) is 8.42 Å². The van der Waals surface area contributed by atoms with Crippen LogP contribution in [-0.4, -0.2) is 32.4 Å². The van der Waals surface area contributed by atoms with Gasteiger partial charge in [0.15, 0.2) is 0 Å². The highest BCUT2D eigenvalue weighted by Crippen LogP contribution is 2.24. The summed E-state index contributed by atoms with van der Waals surface area (Å²) in [6.45, 7) is 5.18. The van der Waals surface area contributed by atoms with Gasteiger partial charge in [-0.3, -0.25) is 0 Å². The van der Waals surface area contributed by atoms with Crippen LogP contribution in [0.5, 0.6) is 0 Å². The van der Waals surface area contributed by atoms with Crippen LogP contribution in [0.2, 0.25) is 0 Å². The maximum Gasteiger partial charge on any atom is 0.243 e. The first-order valence-corrected chi connectivity index (χ1v) is 10.2. The molecule has 1 aliphatic heterocycles. The summed E-state index contributed by atoms with van der Waals surface area (Å²) in [7, 11) is -3.30. The van der Waals surface area contributed by atoms with Gasteiger partial charge in [0.25, 0.3) is 0 Å². The van der Waals surface area contributed by atoms with Gasteiger partial charge in [0.1, 0.15) is 0 Å². The van der Waals surface area contributed by atoms with Crippen molar-refractivity contribution in [3.8, 4) is 0 Å². The Kier molecular flexibility index (Phi) is 6.67. The maximum atomic E-state index is 12.7. The van der Waals surface area contributed by atoms with Crippen LogP contribution < -0.4 is 5.32 Å². The van der Waals surface area contributed by atoms with Gasteiger partial charge >= 0.3 is 0 Å². The topological polar surface area (TPSA) is 49.4 Å². The zero-order chi connectivity index (χ0) is 15.1. The second-order valence-corrected chi connectivity index (χ2v) is 8.53. The zero-order valence-corrected chi connectivity index (χ0v) is 14.4. The fourth-order valence-corrected chi connectivity index (χ4v) is 5.33. The molecule has 1 N–H and O–H groups in total. The predicted molar refractivity (Wildman–Crippen MR) is 88.2 cm³/mol. The van der Waals surface area contributed by atoms with Gasteiger partial charge in [-0.1, -0.05) is 26.2 Å². The highest BCUT2D eigenvalue weighted by Gasteiger charge is 2.25. The number of thiophene rings is 1. The lowest BCUT2D eigenvalue weighted by Crippen LogP contribution is -2.33. The van der Waals surface area contributed by atoms with E-state index < -0.39 is 10.0 Å². The number of hydrogen-bond acceptors (Lipinski definition) is 4. The van der Waals surface area contributed by atoms with Crippen molar-refractivity contribution >= 4 is 21.4 Å². The molecule has 1 aromatic heterocycles. The van der Waals surface area contributed by atoms with E-state index in [1.807, 2.05) is 6.07 Å². The molecule has 0 bridgehead atoms. The third-order valence-electron chi connectivity index (χ3n) is 3.81. The molecule has 0 atom stereocenters. The molecule has 1 fully saturated rings. The summed E-state index contributed by atoms with van der Waals surface area (Å²) in [4.78, 5) is 1.57. The van der Waals surface area contributed by atoms with Crippen LogP contribution in [0.1, 0.15) is 50.3 Å². The molecule has 1 saturated heterocycles. The van der Waals surface area contributed by atoms with Gasteiger partial charge < -0.3 is 5.32 Å². The van der Waals surface area contributed by atoms with Gasteiger partial charge in [-0.15, -0.1) is 11.3 Å². The highest BCUT2D eigenvalue weighted by atomic mass is 32.2. The Labute approximate surface area is 132 Å². The Morgan fingerprint density at radius 1 is 1.19 bits per heavy atom. The second-order valence-electron chi connectivity index (χ2n) is 5.60. The molecule has 0 unspecified atom stereocenters. The Hall–Kier alpha value is -0.430. The minimum absolute atomic E-state index is 0.473. The third-order valence-corrected chi connectivity index (χ3v) is 6.77. The van der Waals surface area contributed by atoms with Gasteiger partial charge in [0, 0.05) is 29.9 Å². The monoisotopic (exact) mass is 330 g/mol. The summed E-state index contributed by atoms with van der Waals surface area (Å²) in [6, 6.07) is 1.83. The summed E-state index contributed by atoms with van der Waals surface area (Å²) in [5.41, 5.74) is 0. The van der Waals surface area contributed by atoms with Crippen LogP contribution in [0.3, 0.4) is 0 Å². The lowest BCUT2D eigenvalue weighted by Gasteiger charge is -2.23. The number of rotatable bonds is 6. The molecular weight excluding hydrogens is 304 g/mol. The van der Waals surface area contributed by atoms with Gasteiger partial charge in [-0.05, 0) is 31.9 Å². The molecule has 1 aliphatic rings. The van der Waals surface area contributed by atoms with E-state index in [2.05, 4.69) is 12.2 Å². The van der Waals surface area contributed by atoms with E-state index in [1.165, 1.54) is 17.8 Å². The molecule has 0 spiro atoms. The van der Waals surface area contributed by atoms with E-state index in [0.717, 1.165) is 50.1 Å². The average Bonchev–Trinajstić information content (AvgIpc) is 2.87. The van der Waals surface area contributed by atoms with E-state index >= 15 is 0 Å². The van der Waals surface area contributed by atoms with Crippen LogP contribution in [0.4, 0.5) is 0 Å². The van der Waals surface area contributed by atoms with Crippen molar-refractivity contribution in [1.29, 1.82) is 0 Å². The summed E-state index contributed by atoms with van der Waals surface area (Å²) in [5, 5.41) is 5.10. The number of nitrogens with one attached hydrogen (secondary N) is 1. The van der Waals surface area contributed by atoms with Crippen molar-refractivity contribution in [1.82, 2.24) is 9.62 Å². The minimum atomic E-state index is -3.30. The highest BCUT2D eigenvalue weighted by molar-refractivity contribution is 7.89. The first-order chi connectivity index (χ1) is 10.1. The van der Waals surface area contributed by atoms with Gasteiger partial charge in [0.2, 0.25) is 10.0 Å². The van der Waals surface area contributed by atoms with Crippen LogP contribution in [0, 0.1) is 0 Å². The molecule has 21 heavy (non-hydrogen) atoms. The molecule has 0 aromatic carbocycles. The minimum Gasteiger partial charge on any atom is -0.312 e. The molecule has 4 nitrogen and oxygen atoms in total. The normalized spacial score (nSPS) is 18.3. The summed E-state index contributed by atoms with van der Waals surface area (Å²) >= 11 is 1.53. The fourth-order valence-electron chi connectivity index (χ4n) is 2.58. The van der Waals surface area contributed by atoms with E-state index in [0.29, 0.717) is 18.0 Å². The predicted octanol–water partition coefficient (Wildman–Crippen LogP) is 3.20. The zero-order valence-electron chi connectivity index (χ0n) is 12.8. The molecule has 2 rings (SSSR count). The van der Waals surface area contributed by atoms with Crippen molar-refractivity contribution < 1.29 is 8.42 Å². The number of hydrogen-bond donors (Lipinski definition) is 1.